The molecule has 0 saturated heterocycles. The van der Waals surface area contributed by atoms with Crippen LogP contribution >= 0.6 is 22.7 Å². The van der Waals surface area contributed by atoms with E-state index in [2.05, 4.69) is 10.3 Å². The average Bonchev–Trinajstić information content (AvgIpc) is 3.12. The highest BCUT2D eigenvalue weighted by Crippen LogP contribution is 2.31. The molecule has 2 heterocycles. The molecule has 1 amide bonds. The highest BCUT2D eigenvalue weighted by molar-refractivity contribution is 7.22. The van der Waals surface area contributed by atoms with Crippen LogP contribution in [0.15, 0.2) is 35.7 Å². The number of thiazole rings is 1. The van der Waals surface area contributed by atoms with Gasteiger partial charge in [0.2, 0.25) is 0 Å². The number of carbonyl (C=O) groups is 1. The van der Waals surface area contributed by atoms with Crippen molar-refractivity contribution < 1.29 is 9.18 Å². The van der Waals surface area contributed by atoms with Gasteiger partial charge in [-0.3, -0.25) is 4.79 Å². The van der Waals surface area contributed by atoms with Gasteiger partial charge in [0, 0.05) is 5.69 Å². The van der Waals surface area contributed by atoms with Gasteiger partial charge < -0.3 is 5.32 Å². The molecule has 0 radical (unpaired) electrons. The molecule has 112 valence electrons. The van der Waals surface area contributed by atoms with Gasteiger partial charge in [0.25, 0.3) is 5.91 Å². The highest BCUT2D eigenvalue weighted by Gasteiger charge is 2.17. The van der Waals surface area contributed by atoms with Gasteiger partial charge in [-0.25, -0.2) is 9.37 Å². The Morgan fingerprint density at radius 3 is 2.77 bits per heavy atom. The molecule has 0 fully saturated rings. The van der Waals surface area contributed by atoms with E-state index in [1.54, 1.807) is 37.3 Å². The van der Waals surface area contributed by atoms with E-state index in [9.17, 15) is 9.18 Å². The van der Waals surface area contributed by atoms with Gasteiger partial charge >= 0.3 is 0 Å². The fraction of sp³-hybridized carbons (Fsp3) is 0.125. The zero-order chi connectivity index (χ0) is 15.7. The van der Waals surface area contributed by atoms with Crippen LogP contribution in [-0.4, -0.2) is 10.9 Å². The smallest absolute Gasteiger partial charge is 0.267 e. The third-order valence-electron chi connectivity index (χ3n) is 3.16. The van der Waals surface area contributed by atoms with Gasteiger partial charge in [-0.05, 0) is 43.0 Å². The summed E-state index contributed by atoms with van der Waals surface area (Å²) < 4.78 is 13.5. The van der Waals surface area contributed by atoms with Crippen LogP contribution in [0.4, 0.5) is 10.1 Å². The average molecular weight is 332 g/mol. The summed E-state index contributed by atoms with van der Waals surface area (Å²) in [5.74, 6) is -0.598. The van der Waals surface area contributed by atoms with Crippen molar-refractivity contribution in [2.24, 2.45) is 0 Å². The Balaban J connectivity index is 1.84. The molecule has 3 rings (SSSR count). The number of hydrogen-bond acceptors (Lipinski definition) is 4. The van der Waals surface area contributed by atoms with E-state index in [1.807, 2.05) is 17.5 Å². The van der Waals surface area contributed by atoms with Crippen molar-refractivity contribution in [1.82, 2.24) is 4.98 Å². The molecule has 0 aliphatic rings. The van der Waals surface area contributed by atoms with Crippen molar-refractivity contribution in [3.8, 4) is 9.88 Å². The quantitative estimate of drug-likeness (QED) is 0.743. The lowest BCUT2D eigenvalue weighted by Crippen LogP contribution is -2.11. The molecule has 0 atom stereocenters. The molecule has 1 aromatic carbocycles. The van der Waals surface area contributed by atoms with E-state index in [-0.39, 0.29) is 11.7 Å². The predicted octanol–water partition coefficient (Wildman–Crippen LogP) is 4.88. The summed E-state index contributed by atoms with van der Waals surface area (Å²) in [6.07, 6.45) is 0. The predicted molar refractivity (Wildman–Crippen MR) is 89.3 cm³/mol. The summed E-state index contributed by atoms with van der Waals surface area (Å²) in [5.41, 5.74) is 1.67. The van der Waals surface area contributed by atoms with Crippen LogP contribution in [0, 0.1) is 19.7 Å². The molecule has 0 aliphatic carbocycles. The number of amides is 1. The van der Waals surface area contributed by atoms with Crippen molar-refractivity contribution in [3.63, 3.8) is 0 Å². The van der Waals surface area contributed by atoms with Crippen LogP contribution in [-0.2, 0) is 0 Å². The normalized spacial score (nSPS) is 10.7. The number of nitrogens with zero attached hydrogens (tertiary/aromatic N) is 1. The maximum absolute atomic E-state index is 13.5. The summed E-state index contributed by atoms with van der Waals surface area (Å²) in [6, 6.07) is 8.57. The molecule has 0 spiro atoms. The first-order chi connectivity index (χ1) is 10.5. The molecular formula is C16H13FN2OS2. The van der Waals surface area contributed by atoms with Crippen molar-refractivity contribution in [2.45, 2.75) is 13.8 Å². The van der Waals surface area contributed by atoms with Gasteiger partial charge in [-0.1, -0.05) is 12.1 Å². The van der Waals surface area contributed by atoms with Gasteiger partial charge in [-0.15, -0.1) is 22.7 Å². The van der Waals surface area contributed by atoms with Crippen LogP contribution in [0.25, 0.3) is 9.88 Å². The van der Waals surface area contributed by atoms with Crippen molar-refractivity contribution >= 4 is 34.3 Å². The Morgan fingerprint density at radius 2 is 2.09 bits per heavy atom. The fourth-order valence-electron chi connectivity index (χ4n) is 1.97. The largest absolute Gasteiger partial charge is 0.321 e. The van der Waals surface area contributed by atoms with Gasteiger partial charge in [0.1, 0.15) is 15.7 Å². The fourth-order valence-corrected chi connectivity index (χ4v) is 3.73. The number of nitrogens with one attached hydrogen (secondary N) is 1. The van der Waals surface area contributed by atoms with E-state index in [1.165, 1.54) is 17.4 Å². The Labute approximate surface area is 135 Å². The third kappa shape index (κ3) is 2.93. The van der Waals surface area contributed by atoms with Crippen LogP contribution < -0.4 is 5.32 Å². The first-order valence-corrected chi connectivity index (χ1v) is 8.33. The number of carbonyl (C=O) groups excluding carboxylic acids is 1. The van der Waals surface area contributed by atoms with Gasteiger partial charge in [0.05, 0.1) is 10.6 Å². The topological polar surface area (TPSA) is 42.0 Å². The maximum Gasteiger partial charge on any atom is 0.267 e. The Hall–Kier alpha value is -2.05. The van der Waals surface area contributed by atoms with Gasteiger partial charge in [-0.2, -0.15) is 0 Å². The van der Waals surface area contributed by atoms with Crippen LogP contribution in [0.3, 0.4) is 0 Å². The Kier molecular flexibility index (Phi) is 4.04. The Bertz CT molecular complexity index is 825. The molecule has 6 heteroatoms. The summed E-state index contributed by atoms with van der Waals surface area (Å²) in [4.78, 5) is 18.4. The van der Waals surface area contributed by atoms with Gasteiger partial charge in [0.15, 0.2) is 0 Å². The van der Waals surface area contributed by atoms with Crippen molar-refractivity contribution in [3.05, 3.63) is 57.7 Å². The minimum atomic E-state index is -0.335. The zero-order valence-corrected chi connectivity index (χ0v) is 13.6. The number of halogens is 1. The summed E-state index contributed by atoms with van der Waals surface area (Å²) in [5, 5.41) is 5.52. The second-order valence-electron chi connectivity index (χ2n) is 4.83. The minimum Gasteiger partial charge on any atom is -0.321 e. The monoisotopic (exact) mass is 332 g/mol. The van der Waals surface area contributed by atoms with E-state index >= 15 is 0 Å². The minimum absolute atomic E-state index is 0.263. The Morgan fingerprint density at radius 1 is 1.27 bits per heavy atom. The molecule has 0 aliphatic heterocycles. The van der Waals surface area contributed by atoms with E-state index < -0.39 is 0 Å². The standard InChI is InChI=1S/C16H13FN2OS2/c1-9-5-6-11(8-12(9)17)19-15(20)14-10(2)18-16(22-14)13-4-3-7-21-13/h3-8H,1-2H3,(H,19,20). The lowest BCUT2D eigenvalue weighted by atomic mass is 10.2. The summed E-state index contributed by atoms with van der Waals surface area (Å²) in [7, 11) is 0. The van der Waals surface area contributed by atoms with Crippen LogP contribution in [0.1, 0.15) is 20.9 Å². The number of anilines is 1. The van der Waals surface area contributed by atoms with E-state index in [0.717, 1.165) is 9.88 Å². The van der Waals surface area contributed by atoms with Crippen LogP contribution in [0.5, 0.6) is 0 Å². The number of thiophene rings is 1. The van der Waals surface area contributed by atoms with E-state index in [0.29, 0.717) is 21.8 Å². The number of aryl methyl sites for hydroxylation is 2. The number of benzene rings is 1. The van der Waals surface area contributed by atoms with E-state index in [4.69, 9.17) is 0 Å². The first kappa shape index (κ1) is 14.9. The molecular weight excluding hydrogens is 319 g/mol. The third-order valence-corrected chi connectivity index (χ3v) is 5.36. The molecule has 3 nitrogen and oxygen atoms in total. The number of rotatable bonds is 3. The van der Waals surface area contributed by atoms with Crippen molar-refractivity contribution in [1.29, 1.82) is 0 Å². The highest BCUT2D eigenvalue weighted by atomic mass is 32.1. The second-order valence-corrected chi connectivity index (χ2v) is 6.78. The lowest BCUT2D eigenvalue weighted by molar-refractivity contribution is 0.103. The SMILES string of the molecule is Cc1ccc(NC(=O)c2sc(-c3cccs3)nc2C)cc1F. The number of aromatic nitrogens is 1. The van der Waals surface area contributed by atoms with Crippen LogP contribution in [0.2, 0.25) is 0 Å². The number of hydrogen-bond donors (Lipinski definition) is 1. The van der Waals surface area contributed by atoms with Crippen molar-refractivity contribution in [2.75, 3.05) is 5.32 Å². The molecule has 22 heavy (non-hydrogen) atoms. The molecule has 0 bridgehead atoms. The molecule has 1 N–H and O–H groups in total. The zero-order valence-electron chi connectivity index (χ0n) is 12.0. The molecule has 0 unspecified atom stereocenters. The maximum atomic E-state index is 13.5. The molecule has 0 saturated carbocycles. The second kappa shape index (κ2) is 5.98. The summed E-state index contributed by atoms with van der Waals surface area (Å²) >= 11 is 2.93. The molecule has 2 aromatic heterocycles. The first-order valence-electron chi connectivity index (χ1n) is 6.63. The lowest BCUT2D eigenvalue weighted by Gasteiger charge is -2.05. The summed E-state index contributed by atoms with van der Waals surface area (Å²) in [6.45, 7) is 3.49. The molecule has 3 aromatic rings.